The molecule has 0 aromatic heterocycles. The van der Waals surface area contributed by atoms with Gasteiger partial charge in [0.25, 0.3) is 0 Å². The summed E-state index contributed by atoms with van der Waals surface area (Å²) < 4.78 is 10.8. The summed E-state index contributed by atoms with van der Waals surface area (Å²) in [7, 11) is -0.430. The SMILES string of the molecule is CC(C)N(C(C)C)P(c1ccccc1)N1CCOCC1. The van der Waals surface area contributed by atoms with Crippen LogP contribution < -0.4 is 5.30 Å². The summed E-state index contributed by atoms with van der Waals surface area (Å²) in [5, 5.41) is 1.45. The molecular weight excluding hydrogens is 267 g/mol. The van der Waals surface area contributed by atoms with Crippen LogP contribution in [0.15, 0.2) is 30.3 Å². The van der Waals surface area contributed by atoms with Gasteiger partial charge >= 0.3 is 0 Å². The van der Waals surface area contributed by atoms with Crippen molar-refractivity contribution in [2.24, 2.45) is 0 Å². The summed E-state index contributed by atoms with van der Waals surface area (Å²) >= 11 is 0. The summed E-state index contributed by atoms with van der Waals surface area (Å²) in [4.78, 5) is 0. The lowest BCUT2D eigenvalue weighted by Crippen LogP contribution is -2.44. The zero-order valence-corrected chi connectivity index (χ0v) is 14.0. The van der Waals surface area contributed by atoms with Crippen LogP contribution in [0.25, 0.3) is 0 Å². The maximum absolute atomic E-state index is 5.54. The van der Waals surface area contributed by atoms with Gasteiger partial charge in [-0.25, -0.2) is 0 Å². The highest BCUT2D eigenvalue weighted by Crippen LogP contribution is 2.46. The maximum atomic E-state index is 5.54. The van der Waals surface area contributed by atoms with E-state index in [9.17, 15) is 0 Å². The van der Waals surface area contributed by atoms with E-state index in [0.29, 0.717) is 12.1 Å². The number of hydrogen-bond acceptors (Lipinski definition) is 3. The van der Waals surface area contributed by atoms with Gasteiger partial charge in [-0.1, -0.05) is 30.3 Å². The Hall–Kier alpha value is -0.470. The molecule has 1 aromatic carbocycles. The van der Waals surface area contributed by atoms with Gasteiger partial charge in [-0.15, -0.1) is 0 Å². The van der Waals surface area contributed by atoms with Gasteiger partial charge in [0.1, 0.15) is 0 Å². The van der Waals surface area contributed by atoms with Gasteiger partial charge in [-0.2, -0.15) is 0 Å². The number of nitrogens with zero attached hydrogens (tertiary/aromatic N) is 2. The normalized spacial score (nSPS) is 18.9. The highest BCUT2D eigenvalue weighted by Gasteiger charge is 2.31. The zero-order valence-electron chi connectivity index (χ0n) is 13.1. The van der Waals surface area contributed by atoms with Crippen molar-refractivity contribution >= 4 is 13.5 Å². The molecule has 1 aliphatic heterocycles. The lowest BCUT2D eigenvalue weighted by Gasteiger charge is -2.45. The van der Waals surface area contributed by atoms with Crippen molar-refractivity contribution in [3.63, 3.8) is 0 Å². The van der Waals surface area contributed by atoms with Gasteiger partial charge < -0.3 is 4.74 Å². The van der Waals surface area contributed by atoms with Crippen LogP contribution in [-0.4, -0.2) is 47.7 Å². The van der Waals surface area contributed by atoms with Crippen molar-refractivity contribution in [1.29, 1.82) is 0 Å². The fourth-order valence-electron chi connectivity index (χ4n) is 2.78. The fraction of sp³-hybridized carbons (Fsp3) is 0.625. The number of morpholine rings is 1. The van der Waals surface area contributed by atoms with Crippen molar-refractivity contribution in [2.45, 2.75) is 39.8 Å². The molecule has 112 valence electrons. The largest absolute Gasteiger partial charge is 0.379 e. The average Bonchev–Trinajstić information content (AvgIpc) is 2.45. The Labute approximate surface area is 124 Å². The number of hydrogen-bond donors (Lipinski definition) is 0. The molecule has 0 amide bonds. The standard InChI is InChI=1S/C16H27N2OP/c1-14(2)18(15(3)4)20(16-8-6-5-7-9-16)17-10-12-19-13-11-17/h5-9,14-15H,10-13H2,1-4H3. The minimum Gasteiger partial charge on any atom is -0.379 e. The summed E-state index contributed by atoms with van der Waals surface area (Å²) in [6.07, 6.45) is 0. The molecule has 0 aliphatic carbocycles. The molecule has 1 saturated heterocycles. The highest BCUT2D eigenvalue weighted by molar-refractivity contribution is 7.61. The number of benzene rings is 1. The van der Waals surface area contributed by atoms with E-state index in [4.69, 9.17) is 4.74 Å². The van der Waals surface area contributed by atoms with Gasteiger partial charge in [0.2, 0.25) is 0 Å². The Balaban J connectivity index is 2.32. The first-order valence-electron chi connectivity index (χ1n) is 7.57. The first kappa shape index (κ1) is 15.9. The predicted octanol–water partition coefficient (Wildman–Crippen LogP) is 3.07. The van der Waals surface area contributed by atoms with Gasteiger partial charge in [0.15, 0.2) is 0 Å². The molecule has 0 N–H and O–H groups in total. The van der Waals surface area contributed by atoms with Crippen LogP contribution in [0.5, 0.6) is 0 Å². The molecule has 20 heavy (non-hydrogen) atoms. The molecule has 3 nitrogen and oxygen atoms in total. The van der Waals surface area contributed by atoms with E-state index in [1.54, 1.807) is 0 Å². The molecule has 4 heteroatoms. The minimum atomic E-state index is -0.430. The van der Waals surface area contributed by atoms with Crippen LogP contribution >= 0.6 is 8.22 Å². The molecule has 1 aromatic rings. The average molecular weight is 294 g/mol. The summed E-state index contributed by atoms with van der Waals surface area (Å²) in [6.45, 7) is 13.0. The molecule has 0 bridgehead atoms. The Kier molecular flexibility index (Phi) is 5.98. The molecule has 0 spiro atoms. The molecule has 0 saturated carbocycles. The van der Waals surface area contributed by atoms with Crippen molar-refractivity contribution in [2.75, 3.05) is 26.3 Å². The van der Waals surface area contributed by atoms with Crippen molar-refractivity contribution in [3.8, 4) is 0 Å². The number of rotatable bonds is 5. The second-order valence-corrected chi connectivity index (χ2v) is 7.88. The zero-order chi connectivity index (χ0) is 14.5. The first-order chi connectivity index (χ1) is 9.61. The summed E-state index contributed by atoms with van der Waals surface area (Å²) in [6, 6.07) is 12.1. The fourth-order valence-corrected chi connectivity index (χ4v) is 5.52. The van der Waals surface area contributed by atoms with E-state index in [1.165, 1.54) is 5.30 Å². The van der Waals surface area contributed by atoms with Crippen LogP contribution in [0.4, 0.5) is 0 Å². The van der Waals surface area contributed by atoms with Gasteiger partial charge in [0.05, 0.1) is 21.4 Å². The number of ether oxygens (including phenoxy) is 1. The topological polar surface area (TPSA) is 15.7 Å². The van der Waals surface area contributed by atoms with E-state index in [0.717, 1.165) is 26.3 Å². The maximum Gasteiger partial charge on any atom is 0.0731 e. The van der Waals surface area contributed by atoms with Crippen LogP contribution in [0, 0.1) is 0 Å². The first-order valence-corrected chi connectivity index (χ1v) is 8.82. The van der Waals surface area contributed by atoms with E-state index < -0.39 is 8.22 Å². The lowest BCUT2D eigenvalue weighted by atomic mass is 10.3. The van der Waals surface area contributed by atoms with Gasteiger partial charge in [-0.3, -0.25) is 9.34 Å². The molecule has 1 atom stereocenters. The van der Waals surface area contributed by atoms with Crippen molar-refractivity contribution < 1.29 is 4.74 Å². The smallest absolute Gasteiger partial charge is 0.0731 e. The molecular formula is C16H27N2OP. The van der Waals surface area contributed by atoms with Gasteiger partial charge in [-0.05, 0) is 27.7 Å². The van der Waals surface area contributed by atoms with Gasteiger partial charge in [0, 0.05) is 30.5 Å². The van der Waals surface area contributed by atoms with Crippen molar-refractivity contribution in [3.05, 3.63) is 30.3 Å². The van der Waals surface area contributed by atoms with E-state index in [2.05, 4.69) is 67.4 Å². The minimum absolute atomic E-state index is 0.430. The third-order valence-corrected chi connectivity index (χ3v) is 6.58. The Morgan fingerprint density at radius 3 is 2.05 bits per heavy atom. The Morgan fingerprint density at radius 2 is 1.55 bits per heavy atom. The molecule has 1 aliphatic rings. The Morgan fingerprint density at radius 1 is 1.00 bits per heavy atom. The van der Waals surface area contributed by atoms with Crippen LogP contribution in [0.1, 0.15) is 27.7 Å². The third-order valence-electron chi connectivity index (χ3n) is 3.52. The lowest BCUT2D eigenvalue weighted by molar-refractivity contribution is 0.0718. The van der Waals surface area contributed by atoms with E-state index >= 15 is 0 Å². The molecule has 1 heterocycles. The molecule has 0 radical (unpaired) electrons. The predicted molar refractivity (Wildman–Crippen MR) is 87.5 cm³/mol. The van der Waals surface area contributed by atoms with Crippen molar-refractivity contribution in [1.82, 2.24) is 9.34 Å². The Bertz CT molecular complexity index is 383. The molecule has 1 fully saturated rings. The second kappa shape index (κ2) is 7.51. The quantitative estimate of drug-likeness (QED) is 0.776. The third kappa shape index (κ3) is 3.79. The second-order valence-electron chi connectivity index (χ2n) is 5.76. The van der Waals surface area contributed by atoms with Crippen LogP contribution in [0.3, 0.4) is 0 Å². The van der Waals surface area contributed by atoms with Crippen LogP contribution in [-0.2, 0) is 4.74 Å². The highest BCUT2D eigenvalue weighted by atomic mass is 31.1. The van der Waals surface area contributed by atoms with E-state index in [1.807, 2.05) is 0 Å². The molecule has 2 rings (SSSR count). The monoisotopic (exact) mass is 294 g/mol. The van der Waals surface area contributed by atoms with Crippen LogP contribution in [0.2, 0.25) is 0 Å². The summed E-state index contributed by atoms with van der Waals surface area (Å²) in [5.74, 6) is 0. The molecule has 1 unspecified atom stereocenters. The van der Waals surface area contributed by atoms with E-state index in [-0.39, 0.29) is 0 Å². The summed E-state index contributed by atoms with van der Waals surface area (Å²) in [5.41, 5.74) is 0.